The minimum absolute atomic E-state index is 0.422. The molecule has 1 aromatic rings. The van der Waals surface area contributed by atoms with Gasteiger partial charge in [0.15, 0.2) is 9.84 Å². The molecule has 0 heterocycles. The summed E-state index contributed by atoms with van der Waals surface area (Å²) in [6.07, 6.45) is -1.48. The van der Waals surface area contributed by atoms with Crippen molar-refractivity contribution in [1.82, 2.24) is 0 Å². The van der Waals surface area contributed by atoms with Crippen molar-refractivity contribution >= 4 is 15.8 Å². The van der Waals surface area contributed by atoms with Gasteiger partial charge in [0.1, 0.15) is 5.82 Å². The van der Waals surface area contributed by atoms with Crippen molar-refractivity contribution in [1.29, 1.82) is 0 Å². The molecule has 0 fully saturated rings. The van der Waals surface area contributed by atoms with Crippen LogP contribution in [0.3, 0.4) is 0 Å². The quantitative estimate of drug-likeness (QED) is 0.635. The van der Waals surface area contributed by atoms with E-state index in [4.69, 9.17) is 15.3 Å². The third-order valence-electron chi connectivity index (χ3n) is 2.15. The number of sulfone groups is 1. The lowest BCUT2D eigenvalue weighted by Gasteiger charge is -2.09. The Bertz CT molecular complexity index is 553. The predicted molar refractivity (Wildman–Crippen MR) is 58.5 cm³/mol. The minimum atomic E-state index is -3.98. The van der Waals surface area contributed by atoms with Crippen LogP contribution in [0.5, 0.6) is 0 Å². The molecular weight excluding hydrogens is 267 g/mol. The van der Waals surface area contributed by atoms with Gasteiger partial charge in [-0.3, -0.25) is 0 Å². The second kappa shape index (κ2) is 5.42. The molecule has 8 heteroatoms. The Morgan fingerprint density at radius 1 is 1.39 bits per heavy atom. The molecule has 1 rings (SSSR count). The number of hydrogen-bond acceptors (Lipinski definition) is 5. The van der Waals surface area contributed by atoms with Crippen LogP contribution in [0.2, 0.25) is 0 Å². The number of halogens is 1. The number of hydrogen-bond donors (Lipinski definition) is 3. The van der Waals surface area contributed by atoms with Crippen LogP contribution < -0.4 is 0 Å². The van der Waals surface area contributed by atoms with Gasteiger partial charge in [-0.25, -0.2) is 17.6 Å². The summed E-state index contributed by atoms with van der Waals surface area (Å²) in [5, 5.41) is 26.3. The summed E-state index contributed by atoms with van der Waals surface area (Å²) in [7, 11) is -3.98. The summed E-state index contributed by atoms with van der Waals surface area (Å²) in [4.78, 5) is 10.2. The van der Waals surface area contributed by atoms with Crippen LogP contribution in [0.4, 0.5) is 4.39 Å². The van der Waals surface area contributed by atoms with Gasteiger partial charge in [0.05, 0.1) is 28.9 Å². The van der Waals surface area contributed by atoms with Crippen LogP contribution >= 0.6 is 0 Å². The second-order valence-electron chi connectivity index (χ2n) is 3.56. The SMILES string of the molecule is O=C(O)c1cc(S(=O)(=O)CC(O)CO)ccc1F. The molecule has 100 valence electrons. The zero-order chi connectivity index (χ0) is 13.9. The largest absolute Gasteiger partial charge is 0.478 e. The van der Waals surface area contributed by atoms with Gasteiger partial charge in [-0.15, -0.1) is 0 Å². The van der Waals surface area contributed by atoms with Gasteiger partial charge in [0, 0.05) is 0 Å². The molecule has 0 aromatic heterocycles. The number of rotatable bonds is 5. The van der Waals surface area contributed by atoms with Crippen LogP contribution in [0.25, 0.3) is 0 Å². The fourth-order valence-corrected chi connectivity index (χ4v) is 2.64. The summed E-state index contributed by atoms with van der Waals surface area (Å²) < 4.78 is 36.5. The predicted octanol–water partition coefficient (Wildman–Crippen LogP) is -0.349. The molecule has 18 heavy (non-hydrogen) atoms. The third-order valence-corrected chi connectivity index (χ3v) is 3.95. The standard InChI is InChI=1S/C10H11FO6S/c11-9-2-1-7(3-8(9)10(14)15)18(16,17)5-6(13)4-12/h1-3,6,12-13H,4-5H2,(H,14,15). The lowest BCUT2D eigenvalue weighted by Crippen LogP contribution is -2.24. The maximum atomic E-state index is 13.1. The van der Waals surface area contributed by atoms with Crippen LogP contribution in [-0.2, 0) is 9.84 Å². The highest BCUT2D eigenvalue weighted by atomic mass is 32.2. The molecule has 6 nitrogen and oxygen atoms in total. The Balaban J connectivity index is 3.18. The van der Waals surface area contributed by atoms with Crippen molar-refractivity contribution in [3.8, 4) is 0 Å². The molecule has 0 aliphatic carbocycles. The van der Waals surface area contributed by atoms with Gasteiger partial charge >= 0.3 is 5.97 Å². The molecule has 0 spiro atoms. The molecule has 0 aliphatic rings. The fourth-order valence-electron chi connectivity index (χ4n) is 1.26. The smallest absolute Gasteiger partial charge is 0.338 e. The molecule has 0 amide bonds. The second-order valence-corrected chi connectivity index (χ2v) is 5.60. The van der Waals surface area contributed by atoms with E-state index in [1.165, 1.54) is 0 Å². The first-order chi connectivity index (χ1) is 8.27. The van der Waals surface area contributed by atoms with Crippen LogP contribution in [-0.4, -0.2) is 48.2 Å². The first kappa shape index (κ1) is 14.6. The lowest BCUT2D eigenvalue weighted by atomic mass is 10.2. The number of aromatic carboxylic acids is 1. The molecule has 3 N–H and O–H groups in total. The Hall–Kier alpha value is -1.51. The molecule has 1 unspecified atom stereocenters. The van der Waals surface area contributed by atoms with Crippen molar-refractivity contribution in [2.45, 2.75) is 11.0 Å². The highest BCUT2D eigenvalue weighted by Gasteiger charge is 2.22. The summed E-state index contributed by atoms with van der Waals surface area (Å²) in [5.74, 6) is -3.41. The summed E-state index contributed by atoms with van der Waals surface area (Å²) in [6, 6.07) is 2.31. The van der Waals surface area contributed by atoms with Gasteiger partial charge in [0.2, 0.25) is 0 Å². The molecule has 0 saturated heterocycles. The Morgan fingerprint density at radius 3 is 2.50 bits per heavy atom. The van der Waals surface area contributed by atoms with Crippen molar-refractivity contribution in [3.63, 3.8) is 0 Å². The number of carboxylic acid groups (broad SMARTS) is 1. The molecule has 0 aliphatic heterocycles. The zero-order valence-electron chi connectivity index (χ0n) is 9.08. The van der Waals surface area contributed by atoms with E-state index in [-0.39, 0.29) is 0 Å². The van der Waals surface area contributed by atoms with E-state index in [9.17, 15) is 17.6 Å². The highest BCUT2D eigenvalue weighted by molar-refractivity contribution is 7.91. The van der Waals surface area contributed by atoms with Crippen molar-refractivity contribution in [3.05, 3.63) is 29.6 Å². The normalized spacial score (nSPS) is 13.3. The molecule has 1 atom stereocenters. The zero-order valence-corrected chi connectivity index (χ0v) is 9.89. The molecule has 0 saturated carbocycles. The van der Waals surface area contributed by atoms with E-state index in [1.807, 2.05) is 0 Å². The van der Waals surface area contributed by atoms with Gasteiger partial charge < -0.3 is 15.3 Å². The summed E-state index contributed by atoms with van der Waals surface area (Å²) >= 11 is 0. The topological polar surface area (TPSA) is 112 Å². The van der Waals surface area contributed by atoms with Gasteiger partial charge in [-0.2, -0.15) is 0 Å². The maximum Gasteiger partial charge on any atom is 0.338 e. The van der Waals surface area contributed by atoms with Crippen molar-refractivity contribution in [2.75, 3.05) is 12.4 Å². The van der Waals surface area contributed by atoms with E-state index >= 15 is 0 Å². The van der Waals surface area contributed by atoms with Crippen LogP contribution in [0, 0.1) is 5.82 Å². The molecule has 0 radical (unpaired) electrons. The van der Waals surface area contributed by atoms with E-state index in [0.29, 0.717) is 6.07 Å². The van der Waals surface area contributed by atoms with E-state index in [0.717, 1.165) is 12.1 Å². The number of benzene rings is 1. The summed E-state index contributed by atoms with van der Waals surface area (Å²) in [5.41, 5.74) is -0.769. The Kier molecular flexibility index (Phi) is 4.38. The lowest BCUT2D eigenvalue weighted by molar-refractivity contribution is 0.0691. The first-order valence-corrected chi connectivity index (χ1v) is 6.47. The van der Waals surface area contributed by atoms with Crippen molar-refractivity contribution in [2.24, 2.45) is 0 Å². The maximum absolute atomic E-state index is 13.1. The van der Waals surface area contributed by atoms with Gasteiger partial charge in [0.25, 0.3) is 0 Å². The van der Waals surface area contributed by atoms with Crippen LogP contribution in [0.1, 0.15) is 10.4 Å². The molecular formula is C10H11FO6S. The Morgan fingerprint density at radius 2 is 2.00 bits per heavy atom. The summed E-state index contributed by atoms with van der Waals surface area (Å²) in [6.45, 7) is -0.744. The van der Waals surface area contributed by atoms with Gasteiger partial charge in [-0.1, -0.05) is 0 Å². The first-order valence-electron chi connectivity index (χ1n) is 4.82. The number of aliphatic hydroxyl groups excluding tert-OH is 2. The van der Waals surface area contributed by atoms with E-state index < -0.39 is 50.5 Å². The highest BCUT2D eigenvalue weighted by Crippen LogP contribution is 2.17. The van der Waals surface area contributed by atoms with Crippen LogP contribution in [0.15, 0.2) is 23.1 Å². The molecule has 0 bridgehead atoms. The van der Waals surface area contributed by atoms with Gasteiger partial charge in [-0.05, 0) is 18.2 Å². The Labute approximate surface area is 102 Å². The fraction of sp³-hybridized carbons (Fsp3) is 0.300. The number of carbonyl (C=O) groups is 1. The average Bonchev–Trinajstić information content (AvgIpc) is 2.28. The van der Waals surface area contributed by atoms with Crippen molar-refractivity contribution < 1.29 is 32.9 Å². The third kappa shape index (κ3) is 3.25. The van der Waals surface area contributed by atoms with E-state index in [2.05, 4.69) is 0 Å². The molecule has 1 aromatic carbocycles. The number of carboxylic acids is 1. The van der Waals surface area contributed by atoms with E-state index in [1.54, 1.807) is 0 Å². The number of aliphatic hydroxyl groups is 2. The average molecular weight is 278 g/mol. The minimum Gasteiger partial charge on any atom is -0.478 e. The monoisotopic (exact) mass is 278 g/mol.